The first-order chi connectivity index (χ1) is 39.4. The molecule has 0 rings (SSSR count). The molecule has 0 bridgehead atoms. The third kappa shape index (κ3) is 55.9. The van der Waals surface area contributed by atoms with Crippen LogP contribution in [0.1, 0.15) is 311 Å². The SMILES string of the molecule is CCCCCCCCCCC(=O)OC[C@H](COP(=O)(O)OC[C@H](O)COP(=O)(O)OC[C@@H](COC(=O)CCCCCCCCCCC(C)CC)OC(=O)CCCCCCCCCCCCCC(C)C)OC(=O)CCCCCCCCCC. The second-order valence-corrected chi connectivity index (χ2v) is 26.4. The van der Waals surface area contributed by atoms with E-state index < -0.39 is 97.5 Å². The standard InChI is InChI=1S/C63H122O17P2/c1-7-10-12-14-16-27-33-39-45-60(65)73-51-58(79-62(67)47-41-35-28-17-15-13-11-8-2)53-77-81(69,70)75-49-57(64)50-76-82(71,72)78-54-59(52-74-61(66)46-40-34-29-24-23-26-32-38-44-56(6)9-3)80-63(68)48-42-36-30-22-20-18-19-21-25-31-37-43-55(4)5/h55-59,64H,7-54H2,1-6H3,(H,69,70)(H,71,72)/t56?,57-,58+,59+/m0/s1. The number of esters is 4. The van der Waals surface area contributed by atoms with Gasteiger partial charge in [0.15, 0.2) is 12.2 Å². The van der Waals surface area contributed by atoms with Crippen LogP contribution in [0.3, 0.4) is 0 Å². The van der Waals surface area contributed by atoms with Crippen molar-refractivity contribution in [2.75, 3.05) is 39.6 Å². The summed E-state index contributed by atoms with van der Waals surface area (Å²) < 4.78 is 67.9. The maximum atomic E-state index is 13.0. The summed E-state index contributed by atoms with van der Waals surface area (Å²) in [7, 11) is -9.88. The average molecular weight is 1210 g/mol. The first-order valence-electron chi connectivity index (χ1n) is 33.0. The zero-order valence-corrected chi connectivity index (χ0v) is 54.6. The van der Waals surface area contributed by atoms with Crippen LogP contribution in [0, 0.1) is 11.8 Å². The smallest absolute Gasteiger partial charge is 0.462 e. The third-order valence-corrected chi connectivity index (χ3v) is 16.7. The maximum Gasteiger partial charge on any atom is 0.472 e. The number of phosphoric acid groups is 2. The van der Waals surface area contributed by atoms with Crippen LogP contribution in [0.25, 0.3) is 0 Å². The lowest BCUT2D eigenvalue weighted by Crippen LogP contribution is -2.30. The number of hydrogen-bond donors (Lipinski definition) is 3. The van der Waals surface area contributed by atoms with Crippen LogP contribution in [0.5, 0.6) is 0 Å². The zero-order chi connectivity index (χ0) is 60.8. The summed E-state index contributed by atoms with van der Waals surface area (Å²) in [4.78, 5) is 72.0. The molecule has 6 atom stereocenters. The maximum absolute atomic E-state index is 13.0. The molecule has 486 valence electrons. The molecule has 0 radical (unpaired) electrons. The number of rotatable bonds is 62. The van der Waals surface area contributed by atoms with E-state index in [2.05, 4.69) is 41.5 Å². The van der Waals surface area contributed by atoms with Gasteiger partial charge in [-0.3, -0.25) is 37.3 Å². The van der Waals surface area contributed by atoms with Gasteiger partial charge in [-0.05, 0) is 37.5 Å². The Bertz CT molecular complexity index is 1620. The number of hydrogen-bond acceptors (Lipinski definition) is 15. The van der Waals surface area contributed by atoms with Gasteiger partial charge in [-0.25, -0.2) is 9.13 Å². The largest absolute Gasteiger partial charge is 0.472 e. The molecule has 3 N–H and O–H groups in total. The molecule has 0 saturated carbocycles. The molecule has 0 aromatic heterocycles. The molecule has 0 aromatic rings. The fourth-order valence-electron chi connectivity index (χ4n) is 9.32. The minimum atomic E-state index is -4.94. The van der Waals surface area contributed by atoms with Crippen molar-refractivity contribution in [2.45, 2.75) is 330 Å². The van der Waals surface area contributed by atoms with Crippen molar-refractivity contribution >= 4 is 39.5 Å². The number of phosphoric ester groups is 2. The molecule has 19 heteroatoms. The minimum Gasteiger partial charge on any atom is -0.462 e. The summed E-state index contributed by atoms with van der Waals surface area (Å²) in [5.74, 6) is -0.597. The average Bonchev–Trinajstić information content (AvgIpc) is 3.46. The Morgan fingerprint density at radius 3 is 0.927 bits per heavy atom. The number of carbonyl (C=O) groups excluding carboxylic acids is 4. The Kier molecular flexibility index (Phi) is 54.3. The van der Waals surface area contributed by atoms with Crippen molar-refractivity contribution < 1.29 is 80.2 Å². The number of aliphatic hydroxyl groups excluding tert-OH is 1. The number of aliphatic hydroxyl groups is 1. The van der Waals surface area contributed by atoms with E-state index in [0.717, 1.165) is 115 Å². The topological polar surface area (TPSA) is 237 Å². The van der Waals surface area contributed by atoms with Gasteiger partial charge in [-0.2, -0.15) is 0 Å². The van der Waals surface area contributed by atoms with Crippen molar-refractivity contribution in [3.05, 3.63) is 0 Å². The summed E-state index contributed by atoms with van der Waals surface area (Å²) >= 11 is 0. The molecule has 0 aromatic carbocycles. The van der Waals surface area contributed by atoms with Gasteiger partial charge >= 0.3 is 39.5 Å². The Hall–Kier alpha value is -1.94. The Labute approximate surface area is 498 Å². The molecule has 0 aliphatic heterocycles. The molecule has 0 aliphatic rings. The summed E-state index contributed by atoms with van der Waals surface area (Å²) in [5.41, 5.74) is 0. The fraction of sp³-hybridized carbons (Fsp3) is 0.937. The second-order valence-electron chi connectivity index (χ2n) is 23.5. The molecule has 82 heavy (non-hydrogen) atoms. The normalized spacial score (nSPS) is 14.7. The molecule has 0 amide bonds. The first kappa shape index (κ1) is 80.1. The molecular formula is C63H122O17P2. The van der Waals surface area contributed by atoms with Crippen molar-refractivity contribution in [1.82, 2.24) is 0 Å². The molecule has 0 fully saturated rings. The van der Waals surface area contributed by atoms with E-state index in [9.17, 15) is 43.2 Å². The quantitative estimate of drug-likeness (QED) is 0.0222. The van der Waals surface area contributed by atoms with Crippen molar-refractivity contribution in [2.24, 2.45) is 11.8 Å². The van der Waals surface area contributed by atoms with Crippen LogP contribution in [0.4, 0.5) is 0 Å². The predicted octanol–water partition coefficient (Wildman–Crippen LogP) is 17.3. The van der Waals surface area contributed by atoms with Crippen LogP contribution in [-0.2, 0) is 65.4 Å². The summed E-state index contributed by atoms with van der Waals surface area (Å²) in [6.45, 7) is 9.44. The first-order valence-corrected chi connectivity index (χ1v) is 36.0. The molecule has 17 nitrogen and oxygen atoms in total. The lowest BCUT2D eigenvalue weighted by Gasteiger charge is -2.21. The lowest BCUT2D eigenvalue weighted by molar-refractivity contribution is -0.161. The van der Waals surface area contributed by atoms with Crippen LogP contribution in [-0.4, -0.2) is 96.7 Å². The number of carbonyl (C=O) groups is 4. The molecule has 0 heterocycles. The van der Waals surface area contributed by atoms with Crippen LogP contribution in [0.15, 0.2) is 0 Å². The molecule has 3 unspecified atom stereocenters. The number of ether oxygens (including phenoxy) is 4. The molecule has 0 aliphatic carbocycles. The highest BCUT2D eigenvalue weighted by molar-refractivity contribution is 7.47. The highest BCUT2D eigenvalue weighted by Crippen LogP contribution is 2.45. The van der Waals surface area contributed by atoms with Crippen LogP contribution in [0.2, 0.25) is 0 Å². The monoisotopic (exact) mass is 1210 g/mol. The van der Waals surface area contributed by atoms with E-state index in [0.29, 0.717) is 25.7 Å². The second kappa shape index (κ2) is 55.6. The summed E-state index contributed by atoms with van der Waals surface area (Å²) in [5, 5.41) is 10.5. The third-order valence-electron chi connectivity index (χ3n) is 14.8. The van der Waals surface area contributed by atoms with Gasteiger partial charge in [0.1, 0.15) is 19.3 Å². The highest BCUT2D eigenvalue weighted by Gasteiger charge is 2.30. The Morgan fingerprint density at radius 1 is 0.354 bits per heavy atom. The molecule has 0 spiro atoms. The van der Waals surface area contributed by atoms with E-state index in [4.69, 9.17) is 37.0 Å². The van der Waals surface area contributed by atoms with Gasteiger partial charge in [0.05, 0.1) is 26.4 Å². The van der Waals surface area contributed by atoms with E-state index in [1.54, 1.807) is 0 Å². The van der Waals surface area contributed by atoms with Gasteiger partial charge in [-0.15, -0.1) is 0 Å². The lowest BCUT2D eigenvalue weighted by atomic mass is 9.99. The van der Waals surface area contributed by atoms with E-state index in [1.807, 2.05) is 0 Å². The molecular weight excluding hydrogens is 1090 g/mol. The minimum absolute atomic E-state index is 0.104. The predicted molar refractivity (Wildman–Crippen MR) is 326 cm³/mol. The van der Waals surface area contributed by atoms with E-state index >= 15 is 0 Å². The van der Waals surface area contributed by atoms with E-state index in [1.165, 1.54) is 116 Å². The summed E-state index contributed by atoms with van der Waals surface area (Å²) in [6.07, 6.45) is 37.6. The Balaban J connectivity index is 5.22. The Morgan fingerprint density at radius 2 is 0.622 bits per heavy atom. The van der Waals surface area contributed by atoms with E-state index in [-0.39, 0.29) is 25.7 Å². The van der Waals surface area contributed by atoms with Crippen molar-refractivity contribution in [3.8, 4) is 0 Å². The van der Waals surface area contributed by atoms with Gasteiger partial charge < -0.3 is 33.8 Å². The summed E-state index contributed by atoms with van der Waals surface area (Å²) in [6, 6.07) is 0. The van der Waals surface area contributed by atoms with Gasteiger partial charge in [0.25, 0.3) is 0 Å². The van der Waals surface area contributed by atoms with Gasteiger partial charge in [0, 0.05) is 25.7 Å². The zero-order valence-electron chi connectivity index (χ0n) is 52.8. The van der Waals surface area contributed by atoms with Crippen molar-refractivity contribution in [1.29, 1.82) is 0 Å². The fourth-order valence-corrected chi connectivity index (χ4v) is 10.9. The van der Waals surface area contributed by atoms with Gasteiger partial charge in [0.2, 0.25) is 0 Å². The van der Waals surface area contributed by atoms with Crippen molar-refractivity contribution in [3.63, 3.8) is 0 Å². The van der Waals surface area contributed by atoms with Gasteiger partial charge in [-0.1, -0.05) is 260 Å². The van der Waals surface area contributed by atoms with Crippen LogP contribution < -0.4 is 0 Å². The number of unbranched alkanes of at least 4 members (excludes halogenated alkanes) is 31. The highest BCUT2D eigenvalue weighted by atomic mass is 31.2. The van der Waals surface area contributed by atoms with Crippen LogP contribution >= 0.6 is 15.6 Å². The molecule has 0 saturated heterocycles.